The topological polar surface area (TPSA) is 86.6 Å². The molecule has 0 fully saturated rings. The molecule has 0 saturated heterocycles. The average molecular weight is 350 g/mol. The molecule has 23 heavy (non-hydrogen) atoms. The predicted octanol–water partition coefficient (Wildman–Crippen LogP) is 4.19. The Morgan fingerprint density at radius 3 is 2.35 bits per heavy atom. The summed E-state index contributed by atoms with van der Waals surface area (Å²) in [6, 6.07) is 14.2. The van der Waals surface area contributed by atoms with Crippen LogP contribution < -0.4 is 5.32 Å². The van der Waals surface area contributed by atoms with E-state index in [1.807, 2.05) is 0 Å². The number of hydrogen-bond donors (Lipinski definition) is 3. The van der Waals surface area contributed by atoms with Crippen LogP contribution in [0.15, 0.2) is 59.5 Å². The van der Waals surface area contributed by atoms with Crippen LogP contribution in [0.3, 0.4) is 0 Å². The molecule has 0 heterocycles. The fourth-order valence-electron chi connectivity index (χ4n) is 2.23. The molecule has 0 aliphatic carbocycles. The smallest absolute Gasteiger partial charge is 0.294 e. The molecule has 3 aromatic rings. The third-order valence-electron chi connectivity index (χ3n) is 3.35. The molecule has 7 heteroatoms. The molecule has 3 aromatic carbocycles. The number of phenolic OH excluding ortho intramolecular Hbond substituents is 1. The first-order chi connectivity index (χ1) is 10.8. The van der Waals surface area contributed by atoms with E-state index in [0.29, 0.717) is 21.8 Å². The number of aromatic hydroxyl groups is 1. The lowest BCUT2D eigenvalue weighted by Gasteiger charge is -2.10. The van der Waals surface area contributed by atoms with Crippen molar-refractivity contribution in [1.82, 2.24) is 0 Å². The van der Waals surface area contributed by atoms with Gasteiger partial charge < -0.3 is 10.4 Å². The Kier molecular flexibility index (Phi) is 3.89. The van der Waals surface area contributed by atoms with Gasteiger partial charge in [0.2, 0.25) is 0 Å². The first kappa shape index (κ1) is 15.6. The fourth-order valence-corrected chi connectivity index (χ4v) is 2.91. The molecule has 3 rings (SSSR count). The minimum absolute atomic E-state index is 0.0659. The van der Waals surface area contributed by atoms with E-state index < -0.39 is 10.1 Å². The maximum Gasteiger partial charge on any atom is 0.294 e. The van der Waals surface area contributed by atoms with Gasteiger partial charge in [0.25, 0.3) is 10.1 Å². The van der Waals surface area contributed by atoms with E-state index in [2.05, 4.69) is 5.32 Å². The third kappa shape index (κ3) is 3.39. The number of phenols is 1. The summed E-state index contributed by atoms with van der Waals surface area (Å²) >= 11 is 5.91. The minimum atomic E-state index is -4.23. The van der Waals surface area contributed by atoms with Gasteiger partial charge in [-0.1, -0.05) is 23.7 Å². The van der Waals surface area contributed by atoms with Gasteiger partial charge >= 0.3 is 0 Å². The van der Waals surface area contributed by atoms with Crippen molar-refractivity contribution in [3.8, 4) is 5.75 Å². The number of fused-ring (bicyclic) bond motifs is 1. The van der Waals surface area contributed by atoms with Crippen molar-refractivity contribution in [3.63, 3.8) is 0 Å². The first-order valence-corrected chi connectivity index (χ1v) is 8.41. The van der Waals surface area contributed by atoms with E-state index in [-0.39, 0.29) is 10.6 Å². The van der Waals surface area contributed by atoms with Crippen LogP contribution in [0, 0.1) is 0 Å². The molecule has 0 aromatic heterocycles. The summed E-state index contributed by atoms with van der Waals surface area (Å²) < 4.78 is 31.4. The van der Waals surface area contributed by atoms with Gasteiger partial charge in [-0.05, 0) is 53.2 Å². The van der Waals surface area contributed by atoms with E-state index in [1.54, 1.807) is 36.4 Å². The van der Waals surface area contributed by atoms with E-state index in [4.69, 9.17) is 16.2 Å². The monoisotopic (exact) mass is 349 g/mol. The zero-order chi connectivity index (χ0) is 16.6. The molecule has 0 saturated carbocycles. The quantitative estimate of drug-likeness (QED) is 0.487. The summed E-state index contributed by atoms with van der Waals surface area (Å²) in [7, 11) is -4.23. The molecule has 0 amide bonds. The van der Waals surface area contributed by atoms with Crippen LogP contribution in [0.25, 0.3) is 10.8 Å². The number of anilines is 2. The SMILES string of the molecule is O=S(=O)(O)c1ccc2cc(Nc3cc(Cl)ccc3O)ccc2c1. The summed E-state index contributed by atoms with van der Waals surface area (Å²) in [6.45, 7) is 0. The molecule has 5 nitrogen and oxygen atoms in total. The van der Waals surface area contributed by atoms with Gasteiger partial charge in [0.15, 0.2) is 0 Å². The highest BCUT2D eigenvalue weighted by Gasteiger charge is 2.10. The number of hydrogen-bond acceptors (Lipinski definition) is 4. The molecule has 0 unspecified atom stereocenters. The van der Waals surface area contributed by atoms with Gasteiger partial charge in [0.1, 0.15) is 5.75 Å². The van der Waals surface area contributed by atoms with Crippen LogP contribution in [0.1, 0.15) is 0 Å². The van der Waals surface area contributed by atoms with Gasteiger partial charge in [-0.2, -0.15) is 8.42 Å². The van der Waals surface area contributed by atoms with Crippen LogP contribution in [0.2, 0.25) is 5.02 Å². The van der Waals surface area contributed by atoms with Gasteiger partial charge in [-0.15, -0.1) is 0 Å². The number of nitrogens with one attached hydrogen (secondary N) is 1. The molecule has 3 N–H and O–H groups in total. The molecular weight excluding hydrogens is 338 g/mol. The molecular formula is C16H12ClNO4S. The second kappa shape index (κ2) is 5.73. The van der Waals surface area contributed by atoms with E-state index in [1.165, 1.54) is 18.2 Å². The van der Waals surface area contributed by atoms with Crippen molar-refractivity contribution < 1.29 is 18.1 Å². The lowest BCUT2D eigenvalue weighted by Crippen LogP contribution is -1.97. The second-order valence-corrected chi connectivity index (χ2v) is 6.84. The molecule has 0 atom stereocenters. The van der Waals surface area contributed by atoms with Gasteiger partial charge in [0.05, 0.1) is 10.6 Å². The summed E-state index contributed by atoms with van der Waals surface area (Å²) in [5, 5.41) is 14.8. The van der Waals surface area contributed by atoms with Gasteiger partial charge in [0, 0.05) is 10.7 Å². The molecule has 0 spiro atoms. The average Bonchev–Trinajstić information content (AvgIpc) is 2.49. The Bertz CT molecular complexity index is 1000. The van der Waals surface area contributed by atoms with Gasteiger partial charge in [-0.3, -0.25) is 4.55 Å². The molecule has 118 valence electrons. The van der Waals surface area contributed by atoms with E-state index in [9.17, 15) is 13.5 Å². The maximum absolute atomic E-state index is 11.2. The van der Waals surface area contributed by atoms with Crippen molar-refractivity contribution in [2.24, 2.45) is 0 Å². The van der Waals surface area contributed by atoms with Crippen molar-refractivity contribution in [3.05, 3.63) is 59.6 Å². The molecule has 0 radical (unpaired) electrons. The highest BCUT2D eigenvalue weighted by molar-refractivity contribution is 7.85. The lowest BCUT2D eigenvalue weighted by molar-refractivity contribution is 0.477. The van der Waals surface area contributed by atoms with E-state index >= 15 is 0 Å². The Labute approximate surface area is 137 Å². The van der Waals surface area contributed by atoms with Crippen LogP contribution in [-0.2, 0) is 10.1 Å². The molecule has 0 aliphatic heterocycles. The summed E-state index contributed by atoms with van der Waals surface area (Å²) in [5.41, 5.74) is 1.17. The highest BCUT2D eigenvalue weighted by Crippen LogP contribution is 2.31. The van der Waals surface area contributed by atoms with Crippen molar-refractivity contribution in [1.29, 1.82) is 0 Å². The van der Waals surface area contributed by atoms with Crippen LogP contribution in [0.5, 0.6) is 5.75 Å². The first-order valence-electron chi connectivity index (χ1n) is 6.60. The third-order valence-corrected chi connectivity index (χ3v) is 4.43. The van der Waals surface area contributed by atoms with Gasteiger partial charge in [-0.25, -0.2) is 0 Å². The normalized spacial score (nSPS) is 11.6. The molecule has 0 aliphatic rings. The second-order valence-electron chi connectivity index (χ2n) is 4.99. The lowest BCUT2D eigenvalue weighted by atomic mass is 10.1. The predicted molar refractivity (Wildman–Crippen MR) is 90.2 cm³/mol. The minimum Gasteiger partial charge on any atom is -0.506 e. The zero-order valence-electron chi connectivity index (χ0n) is 11.7. The number of rotatable bonds is 3. The fraction of sp³-hybridized carbons (Fsp3) is 0. The Morgan fingerprint density at radius 1 is 0.913 bits per heavy atom. The van der Waals surface area contributed by atoms with Crippen LogP contribution >= 0.6 is 11.6 Å². The van der Waals surface area contributed by atoms with E-state index in [0.717, 1.165) is 5.39 Å². The standard InChI is InChI=1S/C16H12ClNO4S/c17-12-3-6-16(19)15(9-12)18-13-4-1-11-8-14(23(20,21)22)5-2-10(11)7-13/h1-9,18-19H,(H,20,21,22). The Morgan fingerprint density at radius 2 is 1.61 bits per heavy atom. The number of benzene rings is 3. The largest absolute Gasteiger partial charge is 0.506 e. The van der Waals surface area contributed by atoms with Crippen molar-refractivity contribution in [2.75, 3.05) is 5.32 Å². The summed E-state index contributed by atoms with van der Waals surface area (Å²) in [5.74, 6) is 0.0659. The Balaban J connectivity index is 1.99. The highest BCUT2D eigenvalue weighted by atomic mass is 35.5. The van der Waals surface area contributed by atoms with Crippen molar-refractivity contribution in [2.45, 2.75) is 4.90 Å². The zero-order valence-corrected chi connectivity index (χ0v) is 13.3. The molecule has 0 bridgehead atoms. The summed E-state index contributed by atoms with van der Waals surface area (Å²) in [6.07, 6.45) is 0. The van der Waals surface area contributed by atoms with Crippen molar-refractivity contribution >= 4 is 43.9 Å². The summed E-state index contributed by atoms with van der Waals surface area (Å²) in [4.78, 5) is -0.154. The number of halogens is 1. The van der Waals surface area contributed by atoms with Crippen LogP contribution in [0.4, 0.5) is 11.4 Å². The maximum atomic E-state index is 11.2. The Hall–Kier alpha value is -2.28. The van der Waals surface area contributed by atoms with Crippen LogP contribution in [-0.4, -0.2) is 18.1 Å².